The fourth-order valence-corrected chi connectivity index (χ4v) is 0.521. The molecule has 0 unspecified atom stereocenters. The Balaban J connectivity index is 4.21. The molecule has 0 aromatic heterocycles. The molecule has 0 aromatic carbocycles. The van der Waals surface area contributed by atoms with Crippen molar-refractivity contribution in [1.29, 1.82) is 0 Å². The third-order valence-electron chi connectivity index (χ3n) is 1.73. The van der Waals surface area contributed by atoms with Crippen LogP contribution in [0.25, 0.3) is 0 Å². The quantitative estimate of drug-likeness (QED) is 0.651. The number of hydrogen-bond donors (Lipinski definition) is 0. The topological polar surface area (TPSA) is 63.3 Å². The highest BCUT2D eigenvalue weighted by molar-refractivity contribution is 5.77. The predicted octanol–water partition coefficient (Wildman–Crippen LogP) is 1.56. The average molecular weight is 201 g/mol. The molecule has 0 rings (SSSR count). The number of esters is 1. The lowest BCUT2D eigenvalue weighted by molar-refractivity contribution is -0.165. The van der Waals surface area contributed by atoms with Crippen LogP contribution in [0.2, 0.25) is 0 Å². The van der Waals surface area contributed by atoms with E-state index in [0.717, 1.165) is 0 Å². The van der Waals surface area contributed by atoms with Crippen molar-refractivity contribution in [3.8, 4) is 0 Å². The third-order valence-corrected chi connectivity index (χ3v) is 1.73. The number of hydrogen-bond acceptors (Lipinski definition) is 3. The molecule has 4 nitrogen and oxygen atoms in total. The van der Waals surface area contributed by atoms with Gasteiger partial charge in [-0.3, -0.25) is 4.79 Å². The van der Waals surface area contributed by atoms with Gasteiger partial charge in [0.2, 0.25) is 0 Å². The second kappa shape index (κ2) is 3.98. The first-order valence-electron chi connectivity index (χ1n) is 4.46. The highest BCUT2D eigenvalue weighted by atomic mass is 16.5. The summed E-state index contributed by atoms with van der Waals surface area (Å²) in [6.07, 6.45) is 0. The number of carbonyl (C=O) groups is 2. The Morgan fingerprint density at radius 3 is 1.79 bits per heavy atom. The summed E-state index contributed by atoms with van der Waals surface area (Å²) in [5.41, 5.74) is -1.75. The van der Waals surface area contributed by atoms with Crippen LogP contribution in [0.5, 0.6) is 0 Å². The van der Waals surface area contributed by atoms with Gasteiger partial charge in [-0.15, -0.1) is 0 Å². The molecule has 0 heterocycles. The number of rotatable bonds is 3. The largest absolute Gasteiger partial charge is 0.464 e. The molecule has 1 radical (unpaired) electrons. The maximum absolute atomic E-state index is 11.3. The maximum Gasteiger partial charge on any atom is 0.364 e. The van der Waals surface area contributed by atoms with Crippen molar-refractivity contribution in [1.82, 2.24) is 0 Å². The Bertz CT molecular complexity index is 235. The fraction of sp³-hybridized carbons (Fsp3) is 0.800. The van der Waals surface area contributed by atoms with Crippen LogP contribution in [-0.2, 0) is 19.4 Å². The van der Waals surface area contributed by atoms with Crippen molar-refractivity contribution in [2.45, 2.75) is 34.6 Å². The molecule has 0 N–H and O–H groups in total. The Labute approximate surface area is 84.3 Å². The molecular weight excluding hydrogens is 184 g/mol. The molecule has 0 amide bonds. The van der Waals surface area contributed by atoms with Crippen molar-refractivity contribution in [2.24, 2.45) is 10.8 Å². The Morgan fingerprint density at radius 2 is 1.50 bits per heavy atom. The average Bonchev–Trinajstić information content (AvgIpc) is 1.98. The summed E-state index contributed by atoms with van der Waals surface area (Å²) in [4.78, 5) is 21.9. The van der Waals surface area contributed by atoms with Gasteiger partial charge in [-0.25, -0.2) is 9.90 Å². The molecule has 0 bridgehead atoms. The zero-order valence-electron chi connectivity index (χ0n) is 9.34. The van der Waals surface area contributed by atoms with E-state index >= 15 is 0 Å². The van der Waals surface area contributed by atoms with Crippen LogP contribution >= 0.6 is 0 Å². The standard InChI is InChI=1S/C10H17O4/c1-9(2,3)8(13)14-6-10(4,5)7(11)12/h6H2,1-5H3. The van der Waals surface area contributed by atoms with Gasteiger partial charge in [0.1, 0.15) is 12.0 Å². The minimum atomic E-state index is -1.22. The molecule has 0 aliphatic carbocycles. The minimum Gasteiger partial charge on any atom is -0.464 e. The van der Waals surface area contributed by atoms with Crippen LogP contribution in [0, 0.1) is 10.8 Å². The highest BCUT2D eigenvalue weighted by Crippen LogP contribution is 2.20. The van der Waals surface area contributed by atoms with E-state index in [0.29, 0.717) is 0 Å². The lowest BCUT2D eigenvalue weighted by Crippen LogP contribution is -2.33. The first kappa shape index (κ1) is 12.9. The van der Waals surface area contributed by atoms with Crippen LogP contribution in [0.15, 0.2) is 0 Å². The van der Waals surface area contributed by atoms with Gasteiger partial charge in [0.05, 0.1) is 5.41 Å². The van der Waals surface area contributed by atoms with Gasteiger partial charge < -0.3 is 4.74 Å². The van der Waals surface area contributed by atoms with Crippen LogP contribution in [0.4, 0.5) is 0 Å². The Hall–Kier alpha value is -1.06. The van der Waals surface area contributed by atoms with Crippen molar-refractivity contribution in [2.75, 3.05) is 6.61 Å². The number of carbonyl (C=O) groups excluding carboxylic acids is 2. The fourth-order valence-electron chi connectivity index (χ4n) is 0.521. The zero-order valence-corrected chi connectivity index (χ0v) is 9.34. The van der Waals surface area contributed by atoms with E-state index in [-0.39, 0.29) is 6.61 Å². The first-order valence-corrected chi connectivity index (χ1v) is 4.46. The molecular formula is C10H17O4. The summed E-state index contributed by atoms with van der Waals surface area (Å²) in [7, 11) is 0. The monoisotopic (exact) mass is 201 g/mol. The molecule has 0 fully saturated rings. The smallest absolute Gasteiger partial charge is 0.364 e. The predicted molar refractivity (Wildman–Crippen MR) is 49.9 cm³/mol. The molecule has 0 atom stereocenters. The molecule has 81 valence electrons. The van der Waals surface area contributed by atoms with E-state index in [4.69, 9.17) is 4.74 Å². The summed E-state index contributed by atoms with van der Waals surface area (Å²) < 4.78 is 4.87. The zero-order chi connectivity index (χ0) is 11.6. The molecule has 0 aliphatic rings. The first-order chi connectivity index (χ1) is 6.07. The van der Waals surface area contributed by atoms with Gasteiger partial charge in [0.25, 0.3) is 0 Å². The summed E-state index contributed by atoms with van der Waals surface area (Å²) in [5.74, 6) is -1.63. The minimum absolute atomic E-state index is 0.161. The maximum atomic E-state index is 11.3. The molecule has 0 aliphatic heterocycles. The summed E-state index contributed by atoms with van der Waals surface area (Å²) in [6, 6.07) is 0. The van der Waals surface area contributed by atoms with Gasteiger partial charge >= 0.3 is 11.9 Å². The second-order valence-electron chi connectivity index (χ2n) is 5.00. The van der Waals surface area contributed by atoms with E-state index in [2.05, 4.69) is 0 Å². The third kappa shape index (κ3) is 3.77. The van der Waals surface area contributed by atoms with Gasteiger partial charge in [-0.05, 0) is 34.6 Å². The Morgan fingerprint density at radius 1 is 1.07 bits per heavy atom. The summed E-state index contributed by atoms with van der Waals surface area (Å²) in [6.45, 7) is 7.88. The lowest BCUT2D eigenvalue weighted by Gasteiger charge is -2.21. The molecule has 4 heteroatoms. The lowest BCUT2D eigenvalue weighted by atomic mass is 9.94. The van der Waals surface area contributed by atoms with Crippen molar-refractivity contribution in [3.63, 3.8) is 0 Å². The summed E-state index contributed by atoms with van der Waals surface area (Å²) >= 11 is 0. The van der Waals surface area contributed by atoms with Gasteiger partial charge in [0.15, 0.2) is 0 Å². The molecule has 0 saturated carbocycles. The van der Waals surface area contributed by atoms with Gasteiger partial charge in [-0.2, -0.15) is 0 Å². The van der Waals surface area contributed by atoms with E-state index < -0.39 is 22.8 Å². The molecule has 0 aromatic rings. The van der Waals surface area contributed by atoms with E-state index in [1.165, 1.54) is 13.8 Å². The second-order valence-corrected chi connectivity index (χ2v) is 5.00. The van der Waals surface area contributed by atoms with E-state index in [9.17, 15) is 14.7 Å². The molecule has 0 saturated heterocycles. The van der Waals surface area contributed by atoms with Crippen LogP contribution in [-0.4, -0.2) is 18.5 Å². The van der Waals surface area contributed by atoms with Crippen LogP contribution in [0.3, 0.4) is 0 Å². The van der Waals surface area contributed by atoms with Crippen LogP contribution < -0.4 is 0 Å². The molecule has 14 heavy (non-hydrogen) atoms. The Kier molecular flexibility index (Phi) is 3.68. The van der Waals surface area contributed by atoms with Crippen molar-refractivity contribution < 1.29 is 19.4 Å². The van der Waals surface area contributed by atoms with Crippen molar-refractivity contribution >= 4 is 11.9 Å². The van der Waals surface area contributed by atoms with E-state index in [1.807, 2.05) is 0 Å². The van der Waals surface area contributed by atoms with Gasteiger partial charge in [-0.1, -0.05) is 0 Å². The summed E-state index contributed by atoms with van der Waals surface area (Å²) in [5, 5.41) is 10.6. The van der Waals surface area contributed by atoms with Gasteiger partial charge in [0, 0.05) is 0 Å². The SMILES string of the molecule is CC(C)(C)C(=O)OCC(C)(C)C([O])=O. The normalized spacial score (nSPS) is 12.4. The van der Waals surface area contributed by atoms with Crippen molar-refractivity contribution in [3.05, 3.63) is 0 Å². The van der Waals surface area contributed by atoms with Crippen LogP contribution in [0.1, 0.15) is 34.6 Å². The number of ether oxygens (including phenoxy) is 1. The highest BCUT2D eigenvalue weighted by Gasteiger charge is 2.33. The molecule has 0 spiro atoms. The van der Waals surface area contributed by atoms with E-state index in [1.54, 1.807) is 20.8 Å².